The van der Waals surface area contributed by atoms with Crippen molar-refractivity contribution in [1.29, 1.82) is 0 Å². The van der Waals surface area contributed by atoms with E-state index < -0.39 is 0 Å². The molecule has 0 amide bonds. The first-order valence-electron chi connectivity index (χ1n) is 4.36. The molecule has 1 aromatic heterocycles. The second kappa shape index (κ2) is 3.96. The molecule has 0 N–H and O–H groups in total. The highest BCUT2D eigenvalue weighted by atomic mass is 79.9. The highest BCUT2D eigenvalue weighted by Crippen LogP contribution is 2.24. The van der Waals surface area contributed by atoms with Crippen molar-refractivity contribution in [3.8, 4) is 11.3 Å². The quantitative estimate of drug-likeness (QED) is 0.764. The van der Waals surface area contributed by atoms with Gasteiger partial charge in [0.2, 0.25) is 0 Å². The van der Waals surface area contributed by atoms with E-state index in [0.717, 1.165) is 17.0 Å². The van der Waals surface area contributed by atoms with Gasteiger partial charge in [0.15, 0.2) is 12.2 Å². The zero-order valence-electron chi connectivity index (χ0n) is 7.83. The predicted molar refractivity (Wildman–Crippen MR) is 59.3 cm³/mol. The van der Waals surface area contributed by atoms with Crippen molar-refractivity contribution in [3.63, 3.8) is 0 Å². The molecule has 0 bridgehead atoms. The van der Waals surface area contributed by atoms with Crippen LogP contribution in [-0.2, 0) is 5.33 Å². The van der Waals surface area contributed by atoms with Crippen molar-refractivity contribution in [2.75, 3.05) is 0 Å². The minimum absolute atomic E-state index is 0.715. The van der Waals surface area contributed by atoms with E-state index in [-0.39, 0.29) is 0 Å². The van der Waals surface area contributed by atoms with Crippen molar-refractivity contribution in [3.05, 3.63) is 41.9 Å². The normalized spacial score (nSPS) is 10.4. The van der Waals surface area contributed by atoms with Crippen molar-refractivity contribution < 1.29 is 4.42 Å². The van der Waals surface area contributed by atoms with Gasteiger partial charge in [-0.1, -0.05) is 45.8 Å². The van der Waals surface area contributed by atoms with Gasteiger partial charge in [0.1, 0.15) is 0 Å². The summed E-state index contributed by atoms with van der Waals surface area (Å²) in [7, 11) is 0. The third-order valence-electron chi connectivity index (χ3n) is 2.08. The lowest BCUT2D eigenvalue weighted by Gasteiger charge is -1.98. The largest absolute Gasteiger partial charge is 0.443 e. The molecule has 0 aliphatic heterocycles. The van der Waals surface area contributed by atoms with E-state index in [4.69, 9.17) is 4.42 Å². The Hall–Kier alpha value is -1.09. The van der Waals surface area contributed by atoms with E-state index in [1.54, 1.807) is 0 Å². The smallest absolute Gasteiger partial charge is 0.181 e. The molecule has 2 aromatic rings. The molecule has 0 atom stereocenters. The van der Waals surface area contributed by atoms with Gasteiger partial charge in [0, 0.05) is 10.9 Å². The Morgan fingerprint density at radius 3 is 2.64 bits per heavy atom. The molecule has 2 nitrogen and oxygen atoms in total. The van der Waals surface area contributed by atoms with Gasteiger partial charge >= 0.3 is 0 Å². The molecule has 14 heavy (non-hydrogen) atoms. The minimum atomic E-state index is 0.715. The van der Waals surface area contributed by atoms with E-state index in [1.807, 2.05) is 12.1 Å². The summed E-state index contributed by atoms with van der Waals surface area (Å²) in [4.78, 5) is 4.12. The van der Waals surface area contributed by atoms with E-state index in [9.17, 15) is 0 Å². The monoisotopic (exact) mass is 251 g/mol. The number of benzene rings is 1. The molecule has 0 saturated carbocycles. The van der Waals surface area contributed by atoms with Gasteiger partial charge in [0.25, 0.3) is 0 Å². The molecule has 72 valence electrons. The van der Waals surface area contributed by atoms with Crippen LogP contribution in [0.25, 0.3) is 11.3 Å². The van der Waals surface area contributed by atoms with Crippen LogP contribution in [0.5, 0.6) is 0 Å². The van der Waals surface area contributed by atoms with Gasteiger partial charge in [-0.2, -0.15) is 0 Å². The lowest BCUT2D eigenvalue weighted by molar-refractivity contribution is 0.571. The number of hydrogen-bond donors (Lipinski definition) is 0. The van der Waals surface area contributed by atoms with E-state index in [0.29, 0.717) is 5.33 Å². The van der Waals surface area contributed by atoms with E-state index >= 15 is 0 Å². The van der Waals surface area contributed by atoms with Crippen LogP contribution in [-0.4, -0.2) is 4.98 Å². The van der Waals surface area contributed by atoms with Crippen LogP contribution in [0.3, 0.4) is 0 Å². The molecule has 0 saturated heterocycles. The molecule has 0 aliphatic rings. The first kappa shape index (κ1) is 9.46. The summed E-state index contributed by atoms with van der Waals surface area (Å²) in [6.45, 7) is 2.07. The maximum absolute atomic E-state index is 5.34. The van der Waals surface area contributed by atoms with Gasteiger partial charge in [-0.25, -0.2) is 4.98 Å². The van der Waals surface area contributed by atoms with Crippen molar-refractivity contribution in [2.45, 2.75) is 12.3 Å². The van der Waals surface area contributed by atoms with Crippen LogP contribution in [0.4, 0.5) is 0 Å². The van der Waals surface area contributed by atoms with Crippen LogP contribution in [0, 0.1) is 6.92 Å². The number of rotatable bonds is 2. The molecule has 0 unspecified atom stereocenters. The highest BCUT2D eigenvalue weighted by Gasteiger charge is 2.08. The fourth-order valence-electron chi connectivity index (χ4n) is 1.30. The summed E-state index contributed by atoms with van der Waals surface area (Å²) in [5.41, 5.74) is 3.25. The summed E-state index contributed by atoms with van der Waals surface area (Å²) >= 11 is 3.38. The Labute approximate surface area is 91.1 Å². The first-order chi connectivity index (χ1) is 6.81. The number of nitrogens with zero attached hydrogens (tertiary/aromatic N) is 1. The summed E-state index contributed by atoms with van der Waals surface area (Å²) in [5, 5.41) is 0.715. The number of halogens is 1. The summed E-state index contributed by atoms with van der Waals surface area (Å²) in [5.74, 6) is 0.849. The summed E-state index contributed by atoms with van der Waals surface area (Å²) in [6, 6.07) is 8.22. The molecule has 1 aromatic carbocycles. The SMILES string of the molecule is Cc1ccc(-c2ocnc2CBr)cc1. The molecule has 0 aliphatic carbocycles. The number of oxazole rings is 1. The molecule has 1 heterocycles. The van der Waals surface area contributed by atoms with Crippen molar-refractivity contribution in [2.24, 2.45) is 0 Å². The molecule has 0 spiro atoms. The fourth-order valence-corrected chi connectivity index (χ4v) is 1.70. The third-order valence-corrected chi connectivity index (χ3v) is 2.61. The van der Waals surface area contributed by atoms with Crippen LogP contribution >= 0.6 is 15.9 Å². The van der Waals surface area contributed by atoms with Crippen molar-refractivity contribution in [1.82, 2.24) is 4.98 Å². The van der Waals surface area contributed by atoms with E-state index in [1.165, 1.54) is 12.0 Å². The van der Waals surface area contributed by atoms with Gasteiger partial charge in [0.05, 0.1) is 5.69 Å². The van der Waals surface area contributed by atoms with Gasteiger partial charge < -0.3 is 4.42 Å². The Kier molecular flexibility index (Phi) is 2.68. The molecular weight excluding hydrogens is 242 g/mol. The van der Waals surface area contributed by atoms with Crippen molar-refractivity contribution >= 4 is 15.9 Å². The van der Waals surface area contributed by atoms with Crippen LogP contribution in [0.15, 0.2) is 35.1 Å². The average Bonchev–Trinajstić information content (AvgIpc) is 2.67. The molecular formula is C11H10BrNO. The second-order valence-electron chi connectivity index (χ2n) is 3.13. The number of aryl methyl sites for hydroxylation is 1. The van der Waals surface area contributed by atoms with E-state index in [2.05, 4.69) is 40.0 Å². The molecule has 2 rings (SSSR count). The van der Waals surface area contributed by atoms with Crippen LogP contribution < -0.4 is 0 Å². The Balaban J connectivity index is 2.44. The molecule has 0 radical (unpaired) electrons. The lowest BCUT2D eigenvalue weighted by Crippen LogP contribution is -1.82. The van der Waals surface area contributed by atoms with Crippen LogP contribution in [0.1, 0.15) is 11.3 Å². The molecule has 3 heteroatoms. The highest BCUT2D eigenvalue weighted by molar-refractivity contribution is 9.08. The standard InChI is InChI=1S/C11H10BrNO/c1-8-2-4-9(5-3-8)11-10(6-12)13-7-14-11/h2-5,7H,6H2,1H3. The maximum Gasteiger partial charge on any atom is 0.181 e. The fraction of sp³-hybridized carbons (Fsp3) is 0.182. The minimum Gasteiger partial charge on any atom is -0.443 e. The van der Waals surface area contributed by atoms with Gasteiger partial charge in [-0.05, 0) is 6.92 Å². The zero-order valence-corrected chi connectivity index (χ0v) is 9.41. The number of hydrogen-bond acceptors (Lipinski definition) is 2. The summed E-state index contributed by atoms with van der Waals surface area (Å²) < 4.78 is 5.34. The second-order valence-corrected chi connectivity index (χ2v) is 3.69. The van der Waals surface area contributed by atoms with Crippen LogP contribution in [0.2, 0.25) is 0 Å². The predicted octanol–water partition coefficient (Wildman–Crippen LogP) is 3.54. The Morgan fingerprint density at radius 2 is 2.00 bits per heavy atom. The lowest BCUT2D eigenvalue weighted by atomic mass is 10.1. The zero-order chi connectivity index (χ0) is 9.97. The average molecular weight is 252 g/mol. The van der Waals surface area contributed by atoms with Gasteiger partial charge in [-0.3, -0.25) is 0 Å². The molecule has 0 fully saturated rings. The Morgan fingerprint density at radius 1 is 1.29 bits per heavy atom. The third kappa shape index (κ3) is 1.73. The topological polar surface area (TPSA) is 26.0 Å². The summed E-state index contributed by atoms with van der Waals surface area (Å²) in [6.07, 6.45) is 1.48. The number of aromatic nitrogens is 1. The number of alkyl halides is 1. The van der Waals surface area contributed by atoms with Gasteiger partial charge in [-0.15, -0.1) is 0 Å². The first-order valence-corrected chi connectivity index (χ1v) is 5.49. The maximum atomic E-state index is 5.34. The Bertz CT molecular complexity index is 419.